The summed E-state index contributed by atoms with van der Waals surface area (Å²) >= 11 is 0. The van der Waals surface area contributed by atoms with Crippen LogP contribution in [0.25, 0.3) is 10.9 Å². The Bertz CT molecular complexity index is 919. The number of aromatic nitrogens is 1. The second-order valence-corrected chi connectivity index (χ2v) is 6.55. The van der Waals surface area contributed by atoms with Crippen molar-refractivity contribution in [1.82, 2.24) is 15.2 Å². The van der Waals surface area contributed by atoms with E-state index in [1.807, 2.05) is 60.8 Å². The molecule has 3 rings (SSSR count). The van der Waals surface area contributed by atoms with E-state index < -0.39 is 12.1 Å². The highest BCUT2D eigenvalue weighted by atomic mass is 16.5. The zero-order chi connectivity index (χ0) is 19.2. The Morgan fingerprint density at radius 2 is 1.78 bits per heavy atom. The molecule has 1 aromatic heterocycles. The van der Waals surface area contributed by atoms with Crippen molar-refractivity contribution in [3.63, 3.8) is 0 Å². The number of para-hydroxylation sites is 1. The summed E-state index contributed by atoms with van der Waals surface area (Å²) in [5.74, 6) is -0.183. The van der Waals surface area contributed by atoms with Crippen LogP contribution in [-0.2, 0) is 22.6 Å². The lowest BCUT2D eigenvalue weighted by atomic mass is 10.0. The number of ether oxygens (including phenoxy) is 1. The number of carbonyl (C=O) groups excluding carboxylic acids is 2. The summed E-state index contributed by atoms with van der Waals surface area (Å²) in [6.45, 7) is 0.155. The molecule has 3 aromatic rings. The van der Waals surface area contributed by atoms with Gasteiger partial charge in [-0.1, -0.05) is 48.5 Å². The van der Waals surface area contributed by atoms with Crippen LogP contribution in [0.4, 0.5) is 4.79 Å². The Morgan fingerprint density at radius 3 is 2.52 bits per heavy atom. The van der Waals surface area contributed by atoms with Crippen molar-refractivity contribution in [3.8, 4) is 0 Å². The van der Waals surface area contributed by atoms with Crippen LogP contribution in [0, 0.1) is 0 Å². The molecule has 0 saturated carbocycles. The summed E-state index contributed by atoms with van der Waals surface area (Å²) in [6.07, 6.45) is 1.64. The van der Waals surface area contributed by atoms with E-state index in [0.717, 1.165) is 22.0 Å². The summed E-state index contributed by atoms with van der Waals surface area (Å²) in [7, 11) is 3.34. The number of amides is 2. The minimum atomic E-state index is -0.706. The molecular formula is C21H23N3O3. The summed E-state index contributed by atoms with van der Waals surface area (Å²) < 4.78 is 5.27. The number of aromatic amines is 1. The number of H-pyrrole nitrogens is 1. The Balaban J connectivity index is 1.69. The van der Waals surface area contributed by atoms with Gasteiger partial charge in [-0.25, -0.2) is 4.79 Å². The SMILES string of the molecule is CN(C)C(=O)[C@H](Cc1c[nH]c2ccccc12)NC(=O)OCc1ccccc1. The van der Waals surface area contributed by atoms with Crippen molar-refractivity contribution in [2.45, 2.75) is 19.1 Å². The molecule has 0 saturated heterocycles. The average molecular weight is 365 g/mol. The van der Waals surface area contributed by atoms with Gasteiger partial charge in [0.05, 0.1) is 0 Å². The first-order valence-electron chi connectivity index (χ1n) is 8.78. The molecule has 27 heavy (non-hydrogen) atoms. The standard InChI is InChI=1S/C21H23N3O3/c1-24(2)20(25)19(12-16-13-22-18-11-7-6-10-17(16)18)23-21(26)27-14-15-8-4-3-5-9-15/h3-11,13,19,22H,12,14H2,1-2H3,(H,23,26)/t19-/m0/s1. The maximum Gasteiger partial charge on any atom is 0.408 e. The molecule has 0 radical (unpaired) electrons. The fraction of sp³-hybridized carbons (Fsp3) is 0.238. The predicted octanol–water partition coefficient (Wildman–Crippen LogP) is 3.09. The summed E-state index contributed by atoms with van der Waals surface area (Å²) in [5.41, 5.74) is 2.85. The number of alkyl carbamates (subject to hydrolysis) is 1. The van der Waals surface area contributed by atoms with Crippen LogP contribution in [0.1, 0.15) is 11.1 Å². The van der Waals surface area contributed by atoms with Crippen molar-refractivity contribution in [2.75, 3.05) is 14.1 Å². The van der Waals surface area contributed by atoms with Crippen LogP contribution in [0.3, 0.4) is 0 Å². The van der Waals surface area contributed by atoms with Crippen molar-refractivity contribution >= 4 is 22.9 Å². The highest BCUT2D eigenvalue weighted by Crippen LogP contribution is 2.19. The van der Waals surface area contributed by atoms with E-state index in [1.165, 1.54) is 4.90 Å². The molecule has 0 aliphatic rings. The topological polar surface area (TPSA) is 74.4 Å². The maximum absolute atomic E-state index is 12.6. The van der Waals surface area contributed by atoms with Crippen molar-refractivity contribution in [2.24, 2.45) is 0 Å². The molecule has 2 amide bonds. The number of hydrogen-bond acceptors (Lipinski definition) is 3. The monoisotopic (exact) mass is 365 g/mol. The van der Waals surface area contributed by atoms with E-state index >= 15 is 0 Å². The largest absolute Gasteiger partial charge is 0.445 e. The van der Waals surface area contributed by atoms with Gasteiger partial charge in [-0.05, 0) is 17.2 Å². The van der Waals surface area contributed by atoms with Gasteiger partial charge < -0.3 is 19.9 Å². The highest BCUT2D eigenvalue weighted by Gasteiger charge is 2.24. The number of fused-ring (bicyclic) bond motifs is 1. The van der Waals surface area contributed by atoms with Gasteiger partial charge in [-0.3, -0.25) is 4.79 Å². The van der Waals surface area contributed by atoms with Gasteiger partial charge >= 0.3 is 6.09 Å². The predicted molar refractivity (Wildman–Crippen MR) is 104 cm³/mol. The molecule has 2 aromatic carbocycles. The Labute approximate surface area is 158 Å². The van der Waals surface area contributed by atoms with Gasteiger partial charge in [0, 0.05) is 37.6 Å². The van der Waals surface area contributed by atoms with Crippen LogP contribution in [0.15, 0.2) is 60.8 Å². The molecule has 0 bridgehead atoms. The lowest BCUT2D eigenvalue weighted by molar-refractivity contribution is -0.130. The van der Waals surface area contributed by atoms with Crippen LogP contribution in [0.2, 0.25) is 0 Å². The van der Waals surface area contributed by atoms with Crippen molar-refractivity contribution in [1.29, 1.82) is 0 Å². The molecule has 0 unspecified atom stereocenters. The van der Waals surface area contributed by atoms with Crippen LogP contribution >= 0.6 is 0 Å². The molecular weight excluding hydrogens is 342 g/mol. The van der Waals surface area contributed by atoms with Gasteiger partial charge in [-0.2, -0.15) is 0 Å². The van der Waals surface area contributed by atoms with Gasteiger partial charge in [0.25, 0.3) is 0 Å². The molecule has 6 nitrogen and oxygen atoms in total. The Kier molecular flexibility index (Phi) is 5.76. The smallest absolute Gasteiger partial charge is 0.408 e. The molecule has 2 N–H and O–H groups in total. The van der Waals surface area contributed by atoms with Crippen LogP contribution in [0.5, 0.6) is 0 Å². The maximum atomic E-state index is 12.6. The molecule has 140 valence electrons. The summed E-state index contributed by atoms with van der Waals surface area (Å²) in [6, 6.07) is 16.6. The number of carbonyl (C=O) groups is 2. The first-order valence-corrected chi connectivity index (χ1v) is 8.78. The van der Waals surface area contributed by atoms with Gasteiger partial charge in [0.1, 0.15) is 12.6 Å². The number of hydrogen-bond donors (Lipinski definition) is 2. The third kappa shape index (κ3) is 4.67. The minimum absolute atomic E-state index is 0.155. The first kappa shape index (κ1) is 18.5. The Hall–Kier alpha value is -3.28. The quantitative estimate of drug-likeness (QED) is 0.705. The van der Waals surface area contributed by atoms with Gasteiger partial charge in [0.2, 0.25) is 5.91 Å². The zero-order valence-electron chi connectivity index (χ0n) is 15.4. The van der Waals surface area contributed by atoms with Crippen LogP contribution in [-0.4, -0.2) is 42.0 Å². The van der Waals surface area contributed by atoms with Gasteiger partial charge in [-0.15, -0.1) is 0 Å². The highest BCUT2D eigenvalue weighted by molar-refractivity contribution is 5.88. The molecule has 6 heteroatoms. The first-order chi connectivity index (χ1) is 13.0. The number of likely N-dealkylation sites (N-methyl/N-ethyl adjacent to an activating group) is 1. The number of benzene rings is 2. The molecule has 1 atom stereocenters. The van der Waals surface area contributed by atoms with E-state index in [1.54, 1.807) is 14.1 Å². The van der Waals surface area contributed by atoms with E-state index in [0.29, 0.717) is 6.42 Å². The van der Waals surface area contributed by atoms with E-state index in [2.05, 4.69) is 10.3 Å². The summed E-state index contributed by atoms with van der Waals surface area (Å²) in [4.78, 5) is 29.5. The molecule has 0 aliphatic heterocycles. The van der Waals surface area contributed by atoms with E-state index in [4.69, 9.17) is 4.74 Å². The molecule has 0 aliphatic carbocycles. The molecule has 0 fully saturated rings. The lowest BCUT2D eigenvalue weighted by Crippen LogP contribution is -2.47. The number of nitrogens with one attached hydrogen (secondary N) is 2. The fourth-order valence-corrected chi connectivity index (χ4v) is 2.94. The van der Waals surface area contributed by atoms with E-state index in [-0.39, 0.29) is 12.5 Å². The second-order valence-electron chi connectivity index (χ2n) is 6.55. The molecule has 0 spiro atoms. The fourth-order valence-electron chi connectivity index (χ4n) is 2.94. The average Bonchev–Trinajstić information content (AvgIpc) is 3.09. The van der Waals surface area contributed by atoms with Crippen molar-refractivity contribution < 1.29 is 14.3 Å². The minimum Gasteiger partial charge on any atom is -0.445 e. The summed E-state index contributed by atoms with van der Waals surface area (Å²) in [5, 5.41) is 3.74. The van der Waals surface area contributed by atoms with Crippen LogP contribution < -0.4 is 5.32 Å². The number of rotatable bonds is 6. The Morgan fingerprint density at radius 1 is 1.07 bits per heavy atom. The second kappa shape index (κ2) is 8.40. The van der Waals surface area contributed by atoms with Gasteiger partial charge in [0.15, 0.2) is 0 Å². The third-order valence-electron chi connectivity index (χ3n) is 4.34. The number of nitrogens with zero attached hydrogens (tertiary/aromatic N) is 1. The molecule has 1 heterocycles. The third-order valence-corrected chi connectivity index (χ3v) is 4.34. The van der Waals surface area contributed by atoms with E-state index in [9.17, 15) is 9.59 Å². The lowest BCUT2D eigenvalue weighted by Gasteiger charge is -2.21. The normalized spacial score (nSPS) is 11.8. The van der Waals surface area contributed by atoms with Crippen molar-refractivity contribution in [3.05, 3.63) is 71.9 Å². The zero-order valence-corrected chi connectivity index (χ0v) is 15.4.